The molecule has 0 unspecified atom stereocenters. The first-order chi connectivity index (χ1) is 12.4. The van der Waals surface area contributed by atoms with E-state index in [-0.39, 0.29) is 0 Å². The predicted octanol–water partition coefficient (Wildman–Crippen LogP) is 4.16. The topological polar surface area (TPSA) is 41.3 Å². The summed E-state index contributed by atoms with van der Waals surface area (Å²) in [6.07, 6.45) is 6.01. The average Bonchev–Trinajstić information content (AvgIpc) is 3.34. The van der Waals surface area contributed by atoms with Crippen molar-refractivity contribution >= 4 is 11.3 Å². The number of furan rings is 1. The highest BCUT2D eigenvalue weighted by Crippen LogP contribution is 2.26. The van der Waals surface area contributed by atoms with Crippen molar-refractivity contribution in [1.82, 2.24) is 15.2 Å². The number of thiazole rings is 1. The first-order valence-corrected chi connectivity index (χ1v) is 9.67. The van der Waals surface area contributed by atoms with E-state index in [0.29, 0.717) is 6.04 Å². The van der Waals surface area contributed by atoms with Crippen LogP contribution in [0.5, 0.6) is 0 Å². The molecule has 3 heterocycles. The lowest BCUT2D eigenvalue weighted by atomic mass is 10.0. The maximum Gasteiger partial charge on any atom is 0.145 e. The molecule has 130 valence electrons. The van der Waals surface area contributed by atoms with Gasteiger partial charge in [-0.05, 0) is 43.6 Å². The fraction of sp³-hybridized carbons (Fsp3) is 0.350. The van der Waals surface area contributed by atoms with Crippen LogP contribution in [0.1, 0.15) is 23.4 Å². The summed E-state index contributed by atoms with van der Waals surface area (Å²) in [6, 6.07) is 15.2. The van der Waals surface area contributed by atoms with Gasteiger partial charge in [0.2, 0.25) is 0 Å². The third kappa shape index (κ3) is 4.37. The Morgan fingerprint density at radius 2 is 1.96 bits per heavy atom. The molecule has 5 heteroatoms. The van der Waals surface area contributed by atoms with E-state index in [1.165, 1.54) is 18.4 Å². The van der Waals surface area contributed by atoms with Crippen LogP contribution >= 0.6 is 11.3 Å². The van der Waals surface area contributed by atoms with E-state index in [1.807, 2.05) is 18.3 Å². The van der Waals surface area contributed by atoms with Crippen LogP contribution in [0, 0.1) is 0 Å². The lowest BCUT2D eigenvalue weighted by Crippen LogP contribution is -2.41. The summed E-state index contributed by atoms with van der Waals surface area (Å²) in [7, 11) is 0. The zero-order valence-corrected chi connectivity index (χ0v) is 15.0. The molecule has 0 amide bonds. The van der Waals surface area contributed by atoms with Crippen molar-refractivity contribution in [2.45, 2.75) is 32.0 Å². The maximum atomic E-state index is 5.43. The van der Waals surface area contributed by atoms with Gasteiger partial charge in [0.1, 0.15) is 10.8 Å². The molecular weight excluding hydrogens is 330 g/mol. The molecule has 3 aromatic rings. The van der Waals surface area contributed by atoms with Gasteiger partial charge in [0.25, 0.3) is 0 Å². The summed E-state index contributed by atoms with van der Waals surface area (Å²) < 4.78 is 5.43. The van der Waals surface area contributed by atoms with E-state index in [4.69, 9.17) is 4.42 Å². The van der Waals surface area contributed by atoms with Gasteiger partial charge in [0, 0.05) is 25.3 Å². The average molecular weight is 353 g/mol. The third-order valence-electron chi connectivity index (χ3n) is 4.70. The number of likely N-dealkylation sites (tertiary alicyclic amines) is 1. The molecule has 1 aromatic carbocycles. The normalized spacial score (nSPS) is 16.3. The van der Waals surface area contributed by atoms with Crippen molar-refractivity contribution in [3.63, 3.8) is 0 Å². The second-order valence-electron chi connectivity index (χ2n) is 6.51. The SMILES string of the molecule is c1ccc(CN2CCC(NCc3ncc(-c4ccco4)s3)CC2)cc1. The first-order valence-electron chi connectivity index (χ1n) is 8.85. The quantitative estimate of drug-likeness (QED) is 0.722. The molecule has 1 aliphatic rings. The van der Waals surface area contributed by atoms with Crippen molar-refractivity contribution < 1.29 is 4.42 Å². The summed E-state index contributed by atoms with van der Waals surface area (Å²) in [5, 5.41) is 4.79. The molecule has 0 spiro atoms. The minimum absolute atomic E-state index is 0.586. The fourth-order valence-electron chi connectivity index (χ4n) is 3.29. The van der Waals surface area contributed by atoms with Gasteiger partial charge < -0.3 is 9.73 Å². The maximum absolute atomic E-state index is 5.43. The van der Waals surface area contributed by atoms with Crippen LogP contribution in [-0.2, 0) is 13.1 Å². The van der Waals surface area contributed by atoms with Crippen LogP contribution in [0.3, 0.4) is 0 Å². The van der Waals surface area contributed by atoms with E-state index in [1.54, 1.807) is 17.6 Å². The summed E-state index contributed by atoms with van der Waals surface area (Å²) in [4.78, 5) is 8.16. The Labute approximate surface area is 152 Å². The molecule has 2 aromatic heterocycles. The van der Waals surface area contributed by atoms with Crippen molar-refractivity contribution in [2.75, 3.05) is 13.1 Å². The lowest BCUT2D eigenvalue weighted by molar-refractivity contribution is 0.190. The standard InChI is InChI=1S/C20H23N3OS/c1-2-5-16(6-3-1)15-23-10-8-17(9-11-23)21-14-20-22-13-19(25-20)18-7-4-12-24-18/h1-7,12-13,17,21H,8-11,14-15H2. The molecule has 4 nitrogen and oxygen atoms in total. The Kier molecular flexibility index (Phi) is 5.25. The van der Waals surface area contributed by atoms with E-state index in [0.717, 1.165) is 41.8 Å². The van der Waals surface area contributed by atoms with Gasteiger partial charge in [0.15, 0.2) is 0 Å². The van der Waals surface area contributed by atoms with E-state index < -0.39 is 0 Å². The number of rotatable bonds is 6. The van der Waals surface area contributed by atoms with Crippen LogP contribution in [0.25, 0.3) is 10.6 Å². The Morgan fingerprint density at radius 1 is 1.12 bits per heavy atom. The van der Waals surface area contributed by atoms with E-state index in [9.17, 15) is 0 Å². The second-order valence-corrected chi connectivity index (χ2v) is 7.63. The van der Waals surface area contributed by atoms with Crippen LogP contribution in [0.2, 0.25) is 0 Å². The van der Waals surface area contributed by atoms with E-state index in [2.05, 4.69) is 45.5 Å². The highest BCUT2D eigenvalue weighted by Gasteiger charge is 2.19. The number of piperidine rings is 1. The minimum Gasteiger partial charge on any atom is -0.463 e. The largest absolute Gasteiger partial charge is 0.463 e. The Morgan fingerprint density at radius 3 is 2.72 bits per heavy atom. The second kappa shape index (κ2) is 7.95. The molecule has 0 bridgehead atoms. The molecule has 0 aliphatic carbocycles. The summed E-state index contributed by atoms with van der Waals surface area (Å²) in [6.45, 7) is 4.21. The number of hydrogen-bond acceptors (Lipinski definition) is 5. The molecule has 0 radical (unpaired) electrons. The summed E-state index contributed by atoms with van der Waals surface area (Å²) in [5.41, 5.74) is 1.40. The van der Waals surface area contributed by atoms with Gasteiger partial charge >= 0.3 is 0 Å². The lowest BCUT2D eigenvalue weighted by Gasteiger charge is -2.32. The molecule has 1 aliphatic heterocycles. The zero-order valence-electron chi connectivity index (χ0n) is 14.2. The van der Waals surface area contributed by atoms with E-state index >= 15 is 0 Å². The van der Waals surface area contributed by atoms with Crippen LogP contribution in [0.4, 0.5) is 0 Å². The predicted molar refractivity (Wildman–Crippen MR) is 101 cm³/mol. The van der Waals surface area contributed by atoms with Gasteiger partial charge in [-0.2, -0.15) is 0 Å². The minimum atomic E-state index is 0.586. The molecule has 0 saturated carbocycles. The highest BCUT2D eigenvalue weighted by atomic mass is 32.1. The van der Waals surface area contributed by atoms with Crippen molar-refractivity contribution in [3.05, 3.63) is 65.5 Å². The fourth-order valence-corrected chi connectivity index (χ4v) is 4.13. The van der Waals surface area contributed by atoms with Gasteiger partial charge in [-0.3, -0.25) is 4.90 Å². The first kappa shape index (κ1) is 16.5. The monoisotopic (exact) mass is 353 g/mol. The molecular formula is C20H23N3OS. The van der Waals surface area contributed by atoms with Crippen LogP contribution in [0.15, 0.2) is 59.3 Å². The summed E-state index contributed by atoms with van der Waals surface area (Å²) in [5.74, 6) is 0.901. The molecule has 1 fully saturated rings. The molecule has 25 heavy (non-hydrogen) atoms. The zero-order chi connectivity index (χ0) is 16.9. The Hall–Kier alpha value is -1.95. The molecule has 4 rings (SSSR count). The Bertz CT molecular complexity index is 761. The van der Waals surface area contributed by atoms with Crippen LogP contribution < -0.4 is 5.32 Å². The van der Waals surface area contributed by atoms with Gasteiger partial charge in [-0.15, -0.1) is 11.3 Å². The number of benzene rings is 1. The number of nitrogens with zero attached hydrogens (tertiary/aromatic N) is 2. The van der Waals surface area contributed by atoms with Crippen LogP contribution in [-0.4, -0.2) is 29.0 Å². The smallest absolute Gasteiger partial charge is 0.145 e. The molecule has 1 saturated heterocycles. The number of aromatic nitrogens is 1. The Balaban J connectivity index is 1.23. The highest BCUT2D eigenvalue weighted by molar-refractivity contribution is 7.15. The third-order valence-corrected chi connectivity index (χ3v) is 5.71. The van der Waals surface area contributed by atoms with Crippen molar-refractivity contribution in [3.8, 4) is 10.6 Å². The number of hydrogen-bond donors (Lipinski definition) is 1. The van der Waals surface area contributed by atoms with Gasteiger partial charge in [-0.1, -0.05) is 30.3 Å². The van der Waals surface area contributed by atoms with Crippen molar-refractivity contribution in [2.24, 2.45) is 0 Å². The number of nitrogens with one attached hydrogen (secondary N) is 1. The van der Waals surface area contributed by atoms with Crippen molar-refractivity contribution in [1.29, 1.82) is 0 Å². The summed E-state index contributed by atoms with van der Waals surface area (Å²) >= 11 is 1.70. The molecule has 1 N–H and O–H groups in total. The molecule has 0 atom stereocenters. The van der Waals surface area contributed by atoms with Gasteiger partial charge in [0.05, 0.1) is 11.1 Å². The van der Waals surface area contributed by atoms with Gasteiger partial charge in [-0.25, -0.2) is 4.98 Å².